The standard InChI is InChI=1S/C10H15N3OS/c1-7(14)11-10-13-12-9(15-10)6-8-4-2-3-5-8/h8H,2-6H2,1H3,(H,11,13,14). The highest BCUT2D eigenvalue weighted by molar-refractivity contribution is 7.15. The summed E-state index contributed by atoms with van der Waals surface area (Å²) in [6.45, 7) is 1.48. The molecule has 0 aliphatic heterocycles. The van der Waals surface area contributed by atoms with E-state index >= 15 is 0 Å². The van der Waals surface area contributed by atoms with Gasteiger partial charge in [-0.2, -0.15) is 0 Å². The SMILES string of the molecule is CC(=O)Nc1nnc(CC2CCCC2)s1. The molecule has 5 heteroatoms. The molecule has 1 aliphatic carbocycles. The van der Waals surface area contributed by atoms with Crippen LogP contribution in [0.2, 0.25) is 0 Å². The molecule has 0 radical (unpaired) electrons. The summed E-state index contributed by atoms with van der Waals surface area (Å²) in [4.78, 5) is 10.8. The molecule has 82 valence electrons. The first-order valence-corrected chi connectivity index (χ1v) is 6.15. The molecule has 2 rings (SSSR count). The number of rotatable bonds is 3. The van der Waals surface area contributed by atoms with Crippen LogP contribution in [0.4, 0.5) is 5.13 Å². The number of nitrogens with one attached hydrogen (secondary N) is 1. The summed E-state index contributed by atoms with van der Waals surface area (Å²) in [7, 11) is 0. The molecule has 0 unspecified atom stereocenters. The van der Waals surface area contributed by atoms with Crippen LogP contribution in [0.1, 0.15) is 37.6 Å². The zero-order chi connectivity index (χ0) is 10.7. The molecule has 0 atom stereocenters. The summed E-state index contributed by atoms with van der Waals surface area (Å²) in [6.07, 6.45) is 6.35. The van der Waals surface area contributed by atoms with Crippen LogP contribution in [-0.4, -0.2) is 16.1 Å². The third kappa shape index (κ3) is 2.99. The smallest absolute Gasteiger partial charge is 0.223 e. The Morgan fingerprint density at radius 3 is 2.87 bits per heavy atom. The second-order valence-electron chi connectivity index (χ2n) is 4.04. The largest absolute Gasteiger partial charge is 0.301 e. The second kappa shape index (κ2) is 4.70. The van der Waals surface area contributed by atoms with Crippen LogP contribution in [0.5, 0.6) is 0 Å². The highest BCUT2D eigenvalue weighted by Gasteiger charge is 2.17. The molecule has 1 fully saturated rings. The minimum atomic E-state index is -0.0847. The van der Waals surface area contributed by atoms with Crippen molar-refractivity contribution in [3.05, 3.63) is 5.01 Å². The lowest BCUT2D eigenvalue weighted by Gasteiger charge is -2.03. The Labute approximate surface area is 93.1 Å². The third-order valence-corrected chi connectivity index (χ3v) is 3.55. The molecule has 0 aromatic carbocycles. The van der Waals surface area contributed by atoms with E-state index in [0.717, 1.165) is 17.3 Å². The average Bonchev–Trinajstić information content (AvgIpc) is 2.77. The van der Waals surface area contributed by atoms with Crippen LogP contribution >= 0.6 is 11.3 Å². The first-order chi connectivity index (χ1) is 7.24. The lowest BCUT2D eigenvalue weighted by Crippen LogP contribution is -2.04. The molecule has 1 aromatic heterocycles. The average molecular weight is 225 g/mol. The number of hydrogen-bond acceptors (Lipinski definition) is 4. The van der Waals surface area contributed by atoms with Gasteiger partial charge >= 0.3 is 0 Å². The molecule has 1 saturated carbocycles. The minimum Gasteiger partial charge on any atom is -0.301 e. The number of amides is 1. The van der Waals surface area contributed by atoms with E-state index in [1.54, 1.807) is 0 Å². The van der Waals surface area contributed by atoms with E-state index < -0.39 is 0 Å². The molecule has 1 heterocycles. The van der Waals surface area contributed by atoms with Crippen LogP contribution in [0, 0.1) is 5.92 Å². The maximum atomic E-state index is 10.8. The van der Waals surface area contributed by atoms with E-state index in [4.69, 9.17) is 0 Å². The highest BCUT2D eigenvalue weighted by Crippen LogP contribution is 2.29. The molecule has 1 N–H and O–H groups in total. The Morgan fingerprint density at radius 2 is 2.20 bits per heavy atom. The fraction of sp³-hybridized carbons (Fsp3) is 0.700. The molecule has 1 aliphatic rings. The predicted octanol–water partition coefficient (Wildman–Crippen LogP) is 2.23. The van der Waals surface area contributed by atoms with E-state index in [1.165, 1.54) is 43.9 Å². The molecule has 1 amide bonds. The molecule has 4 nitrogen and oxygen atoms in total. The van der Waals surface area contributed by atoms with Gasteiger partial charge in [-0.25, -0.2) is 0 Å². The Bertz CT molecular complexity index is 344. The van der Waals surface area contributed by atoms with Crippen molar-refractivity contribution < 1.29 is 4.79 Å². The van der Waals surface area contributed by atoms with E-state index in [2.05, 4.69) is 15.5 Å². The molecule has 0 saturated heterocycles. The van der Waals surface area contributed by atoms with Crippen molar-refractivity contribution in [3.63, 3.8) is 0 Å². The van der Waals surface area contributed by atoms with E-state index in [-0.39, 0.29) is 5.91 Å². The zero-order valence-electron chi connectivity index (χ0n) is 8.82. The van der Waals surface area contributed by atoms with Gasteiger partial charge in [0.05, 0.1) is 0 Å². The summed E-state index contributed by atoms with van der Waals surface area (Å²) in [5, 5.41) is 12.3. The molecule has 0 spiro atoms. The maximum Gasteiger partial charge on any atom is 0.223 e. The van der Waals surface area contributed by atoms with E-state index in [9.17, 15) is 4.79 Å². The Balaban J connectivity index is 1.91. The fourth-order valence-corrected chi connectivity index (χ4v) is 2.90. The third-order valence-electron chi connectivity index (χ3n) is 2.69. The van der Waals surface area contributed by atoms with Gasteiger partial charge in [-0.05, 0) is 5.92 Å². The first kappa shape index (κ1) is 10.5. The Morgan fingerprint density at radius 1 is 1.47 bits per heavy atom. The maximum absolute atomic E-state index is 10.8. The van der Waals surface area contributed by atoms with Crippen LogP contribution in [-0.2, 0) is 11.2 Å². The van der Waals surface area contributed by atoms with Crippen LogP contribution in [0.15, 0.2) is 0 Å². The van der Waals surface area contributed by atoms with Crippen molar-refractivity contribution in [3.8, 4) is 0 Å². The topological polar surface area (TPSA) is 54.9 Å². The fourth-order valence-electron chi connectivity index (χ4n) is 2.00. The van der Waals surface area contributed by atoms with Crippen molar-refractivity contribution in [1.82, 2.24) is 10.2 Å². The van der Waals surface area contributed by atoms with Gasteiger partial charge in [-0.3, -0.25) is 4.79 Å². The number of hydrogen-bond donors (Lipinski definition) is 1. The molecular formula is C10H15N3OS. The van der Waals surface area contributed by atoms with Crippen molar-refractivity contribution in [2.75, 3.05) is 5.32 Å². The highest BCUT2D eigenvalue weighted by atomic mass is 32.1. The van der Waals surface area contributed by atoms with Crippen LogP contribution in [0.25, 0.3) is 0 Å². The number of anilines is 1. The van der Waals surface area contributed by atoms with Gasteiger partial charge in [0.25, 0.3) is 0 Å². The summed E-state index contributed by atoms with van der Waals surface area (Å²) >= 11 is 1.49. The lowest BCUT2D eigenvalue weighted by molar-refractivity contribution is -0.114. The van der Waals surface area contributed by atoms with Crippen molar-refractivity contribution >= 4 is 22.4 Å². The molecule has 1 aromatic rings. The van der Waals surface area contributed by atoms with E-state index in [1.807, 2.05) is 0 Å². The number of carbonyl (C=O) groups is 1. The number of carbonyl (C=O) groups excluding carboxylic acids is 1. The van der Waals surface area contributed by atoms with Crippen LogP contribution < -0.4 is 5.32 Å². The minimum absolute atomic E-state index is 0.0847. The van der Waals surface area contributed by atoms with Crippen molar-refractivity contribution in [2.45, 2.75) is 39.0 Å². The number of nitrogens with zero attached hydrogens (tertiary/aromatic N) is 2. The van der Waals surface area contributed by atoms with Crippen molar-refractivity contribution in [2.24, 2.45) is 5.92 Å². The van der Waals surface area contributed by atoms with Gasteiger partial charge in [0.15, 0.2) is 0 Å². The summed E-state index contributed by atoms with van der Waals surface area (Å²) < 4.78 is 0. The summed E-state index contributed by atoms with van der Waals surface area (Å²) in [5.41, 5.74) is 0. The molecular weight excluding hydrogens is 210 g/mol. The Kier molecular flexibility index (Phi) is 3.30. The van der Waals surface area contributed by atoms with Crippen molar-refractivity contribution in [1.29, 1.82) is 0 Å². The lowest BCUT2D eigenvalue weighted by atomic mass is 10.1. The Hall–Kier alpha value is -0.970. The quantitative estimate of drug-likeness (QED) is 0.858. The number of aromatic nitrogens is 2. The molecule has 15 heavy (non-hydrogen) atoms. The zero-order valence-corrected chi connectivity index (χ0v) is 9.64. The van der Waals surface area contributed by atoms with Crippen LogP contribution in [0.3, 0.4) is 0 Å². The molecule has 0 bridgehead atoms. The summed E-state index contributed by atoms with van der Waals surface area (Å²) in [6, 6.07) is 0. The normalized spacial score (nSPS) is 16.9. The predicted molar refractivity (Wildman–Crippen MR) is 59.9 cm³/mol. The van der Waals surface area contributed by atoms with Gasteiger partial charge in [0.1, 0.15) is 5.01 Å². The summed E-state index contributed by atoms with van der Waals surface area (Å²) in [5.74, 6) is 0.696. The van der Waals surface area contributed by atoms with E-state index in [0.29, 0.717) is 5.13 Å². The second-order valence-corrected chi connectivity index (χ2v) is 5.10. The first-order valence-electron chi connectivity index (χ1n) is 5.34. The monoisotopic (exact) mass is 225 g/mol. The van der Waals surface area contributed by atoms with Gasteiger partial charge in [0, 0.05) is 13.3 Å². The van der Waals surface area contributed by atoms with Gasteiger partial charge in [-0.1, -0.05) is 37.0 Å². The van der Waals surface area contributed by atoms with Gasteiger partial charge < -0.3 is 5.32 Å². The van der Waals surface area contributed by atoms with Gasteiger partial charge in [0.2, 0.25) is 11.0 Å². The van der Waals surface area contributed by atoms with Gasteiger partial charge in [-0.15, -0.1) is 10.2 Å².